The fourth-order valence-corrected chi connectivity index (χ4v) is 3.99. The summed E-state index contributed by atoms with van der Waals surface area (Å²) in [6.45, 7) is 0. The molecule has 3 rings (SSSR count). The molecule has 0 aliphatic heterocycles. The third kappa shape index (κ3) is 4.51. The van der Waals surface area contributed by atoms with E-state index in [0.717, 1.165) is 16.2 Å². The van der Waals surface area contributed by atoms with Gasteiger partial charge in [0.05, 0.1) is 16.5 Å². The number of carbonyl (C=O) groups is 1. The number of amides is 1. The number of carbonyl (C=O) groups excluding carboxylic acids is 1. The van der Waals surface area contributed by atoms with Crippen LogP contribution in [0, 0.1) is 0 Å². The second kappa shape index (κ2) is 8.03. The molecule has 0 aliphatic rings. The third-order valence-electron chi connectivity index (χ3n) is 3.07. The average Bonchev–Trinajstić information content (AvgIpc) is 3.05. The Morgan fingerprint density at radius 2 is 1.96 bits per heavy atom. The van der Waals surface area contributed by atoms with Crippen LogP contribution in [0.4, 0.5) is 5.13 Å². The molecule has 3 nitrogen and oxygen atoms in total. The van der Waals surface area contributed by atoms with E-state index in [4.69, 9.17) is 23.2 Å². The maximum absolute atomic E-state index is 12.1. The number of rotatable bonds is 5. The van der Waals surface area contributed by atoms with Crippen LogP contribution in [-0.2, 0) is 4.79 Å². The van der Waals surface area contributed by atoms with Crippen LogP contribution in [0.2, 0.25) is 10.0 Å². The van der Waals surface area contributed by atoms with E-state index in [2.05, 4.69) is 10.3 Å². The third-order valence-corrected chi connectivity index (χ3v) is 5.56. The Kier molecular flexibility index (Phi) is 5.79. The number of anilines is 1. The molecule has 2 aromatic carbocycles. The number of thioether (sulfide) groups is 1. The Balaban J connectivity index is 1.59. The molecular weight excluding hydrogens is 383 g/mol. The Morgan fingerprint density at radius 3 is 2.75 bits per heavy atom. The molecule has 122 valence electrons. The predicted molar refractivity (Wildman–Crippen MR) is 103 cm³/mol. The normalized spacial score (nSPS) is 10.6. The molecule has 0 unspecified atom stereocenters. The van der Waals surface area contributed by atoms with Crippen molar-refractivity contribution >= 4 is 57.3 Å². The second-order valence-corrected chi connectivity index (χ2v) is 7.53. The number of hydrogen-bond acceptors (Lipinski definition) is 4. The van der Waals surface area contributed by atoms with Crippen molar-refractivity contribution in [2.75, 3.05) is 11.1 Å². The van der Waals surface area contributed by atoms with E-state index in [-0.39, 0.29) is 11.7 Å². The average molecular weight is 395 g/mol. The molecule has 0 atom stereocenters. The Hall–Kier alpha value is -1.53. The van der Waals surface area contributed by atoms with Gasteiger partial charge in [-0.25, -0.2) is 4.98 Å². The molecule has 0 spiro atoms. The van der Waals surface area contributed by atoms with Gasteiger partial charge >= 0.3 is 0 Å². The lowest BCUT2D eigenvalue weighted by molar-refractivity contribution is -0.113. The van der Waals surface area contributed by atoms with Crippen LogP contribution in [0.25, 0.3) is 11.3 Å². The van der Waals surface area contributed by atoms with Crippen LogP contribution in [0.5, 0.6) is 0 Å². The van der Waals surface area contributed by atoms with E-state index in [1.165, 1.54) is 23.1 Å². The largest absolute Gasteiger partial charge is 0.301 e. The van der Waals surface area contributed by atoms with E-state index >= 15 is 0 Å². The summed E-state index contributed by atoms with van der Waals surface area (Å²) >= 11 is 14.8. The summed E-state index contributed by atoms with van der Waals surface area (Å²) in [5.41, 5.74) is 1.87. The van der Waals surface area contributed by atoms with Crippen LogP contribution in [0.3, 0.4) is 0 Å². The summed E-state index contributed by atoms with van der Waals surface area (Å²) in [5, 5.41) is 6.48. The van der Waals surface area contributed by atoms with Crippen molar-refractivity contribution in [2.45, 2.75) is 4.90 Å². The number of hydrogen-bond donors (Lipinski definition) is 1. The van der Waals surface area contributed by atoms with Gasteiger partial charge in [-0.2, -0.15) is 0 Å². The predicted octanol–water partition coefficient (Wildman–Crippen LogP) is 5.85. The lowest BCUT2D eigenvalue weighted by Crippen LogP contribution is -2.13. The topological polar surface area (TPSA) is 42.0 Å². The van der Waals surface area contributed by atoms with E-state index in [9.17, 15) is 4.79 Å². The smallest absolute Gasteiger partial charge is 0.236 e. The lowest BCUT2D eigenvalue weighted by Gasteiger charge is -2.04. The zero-order chi connectivity index (χ0) is 16.9. The minimum atomic E-state index is -0.134. The number of halogens is 2. The minimum absolute atomic E-state index is 0.134. The van der Waals surface area contributed by atoms with Crippen molar-refractivity contribution < 1.29 is 4.79 Å². The first-order valence-corrected chi connectivity index (χ1v) is 9.62. The standard InChI is InChI=1S/C17H12Cl2N2OS2/c18-12-6-7-13(19)15(8-12)23-10-16(22)21-17-20-14(9-24-17)11-4-2-1-3-5-11/h1-9H,10H2,(H,20,21,22). The summed E-state index contributed by atoms with van der Waals surface area (Å²) in [6, 6.07) is 15.0. The molecule has 0 aliphatic carbocycles. The van der Waals surface area contributed by atoms with Gasteiger partial charge in [0.1, 0.15) is 0 Å². The van der Waals surface area contributed by atoms with Gasteiger partial charge in [-0.15, -0.1) is 23.1 Å². The van der Waals surface area contributed by atoms with Crippen molar-refractivity contribution in [3.63, 3.8) is 0 Å². The van der Waals surface area contributed by atoms with Gasteiger partial charge in [0.2, 0.25) is 5.91 Å². The first-order chi connectivity index (χ1) is 11.6. The zero-order valence-corrected chi connectivity index (χ0v) is 15.5. The molecule has 1 aromatic heterocycles. The summed E-state index contributed by atoms with van der Waals surface area (Å²) in [4.78, 5) is 17.3. The molecule has 0 saturated carbocycles. The highest BCUT2D eigenvalue weighted by molar-refractivity contribution is 8.00. The zero-order valence-electron chi connectivity index (χ0n) is 12.3. The van der Waals surface area contributed by atoms with Crippen molar-refractivity contribution in [1.82, 2.24) is 4.98 Å². The van der Waals surface area contributed by atoms with E-state index in [1.54, 1.807) is 18.2 Å². The van der Waals surface area contributed by atoms with E-state index in [0.29, 0.717) is 15.2 Å². The maximum Gasteiger partial charge on any atom is 0.236 e. The van der Waals surface area contributed by atoms with Gasteiger partial charge < -0.3 is 5.32 Å². The summed E-state index contributed by atoms with van der Waals surface area (Å²) < 4.78 is 0. The summed E-state index contributed by atoms with van der Waals surface area (Å²) in [6.07, 6.45) is 0. The SMILES string of the molecule is O=C(CSc1cc(Cl)ccc1Cl)Nc1nc(-c2ccccc2)cs1. The van der Waals surface area contributed by atoms with Crippen molar-refractivity contribution in [1.29, 1.82) is 0 Å². The fraction of sp³-hybridized carbons (Fsp3) is 0.0588. The Labute approximate surface area is 158 Å². The van der Waals surface area contributed by atoms with Crippen LogP contribution in [-0.4, -0.2) is 16.6 Å². The number of nitrogens with zero attached hydrogens (tertiary/aromatic N) is 1. The molecule has 24 heavy (non-hydrogen) atoms. The number of aromatic nitrogens is 1. The molecule has 3 aromatic rings. The monoisotopic (exact) mass is 394 g/mol. The van der Waals surface area contributed by atoms with Gasteiger partial charge in [-0.1, -0.05) is 53.5 Å². The first-order valence-electron chi connectivity index (χ1n) is 7.00. The Morgan fingerprint density at radius 1 is 1.17 bits per heavy atom. The van der Waals surface area contributed by atoms with Gasteiger partial charge in [-0.3, -0.25) is 4.79 Å². The van der Waals surface area contributed by atoms with Crippen molar-refractivity contribution in [3.8, 4) is 11.3 Å². The lowest BCUT2D eigenvalue weighted by atomic mass is 10.2. The van der Waals surface area contributed by atoms with Gasteiger partial charge in [0, 0.05) is 20.9 Å². The quantitative estimate of drug-likeness (QED) is 0.551. The molecule has 7 heteroatoms. The van der Waals surface area contributed by atoms with Gasteiger partial charge in [0.25, 0.3) is 0 Å². The fourth-order valence-electron chi connectivity index (χ4n) is 1.96. The minimum Gasteiger partial charge on any atom is -0.301 e. The second-order valence-electron chi connectivity index (χ2n) is 4.82. The summed E-state index contributed by atoms with van der Waals surface area (Å²) in [5.74, 6) is 0.102. The molecule has 0 fully saturated rings. The number of benzene rings is 2. The van der Waals surface area contributed by atoms with Crippen molar-refractivity contribution in [2.24, 2.45) is 0 Å². The molecule has 1 heterocycles. The molecule has 0 radical (unpaired) electrons. The van der Waals surface area contributed by atoms with E-state index in [1.807, 2.05) is 35.7 Å². The highest BCUT2D eigenvalue weighted by Gasteiger charge is 2.10. The number of nitrogens with one attached hydrogen (secondary N) is 1. The highest BCUT2D eigenvalue weighted by Crippen LogP contribution is 2.30. The van der Waals surface area contributed by atoms with Crippen LogP contribution >= 0.6 is 46.3 Å². The molecule has 0 bridgehead atoms. The first kappa shape index (κ1) is 17.3. The summed E-state index contributed by atoms with van der Waals surface area (Å²) in [7, 11) is 0. The van der Waals surface area contributed by atoms with Crippen LogP contribution < -0.4 is 5.32 Å². The van der Waals surface area contributed by atoms with E-state index < -0.39 is 0 Å². The maximum atomic E-state index is 12.1. The molecule has 1 N–H and O–H groups in total. The van der Waals surface area contributed by atoms with Crippen molar-refractivity contribution in [3.05, 3.63) is 64.0 Å². The van der Waals surface area contributed by atoms with Crippen LogP contribution in [0.1, 0.15) is 0 Å². The van der Waals surface area contributed by atoms with Gasteiger partial charge in [-0.05, 0) is 18.2 Å². The van der Waals surface area contributed by atoms with Crippen LogP contribution in [0.15, 0.2) is 58.8 Å². The molecule has 0 saturated heterocycles. The highest BCUT2D eigenvalue weighted by atomic mass is 35.5. The van der Waals surface area contributed by atoms with Gasteiger partial charge in [0.15, 0.2) is 5.13 Å². The molecule has 1 amide bonds. The molecular formula is C17H12Cl2N2OS2. The number of thiazole rings is 1. The Bertz CT molecular complexity index is 853.